The van der Waals surface area contributed by atoms with Gasteiger partial charge in [-0.1, -0.05) is 35.5 Å². The molecule has 150 valence electrons. The monoisotopic (exact) mass is 382 g/mol. The van der Waals surface area contributed by atoms with Crippen LogP contribution in [0.5, 0.6) is 0 Å². The van der Waals surface area contributed by atoms with Crippen LogP contribution < -0.4 is 5.32 Å². The molecule has 2 aliphatic rings. The number of piperazine rings is 1. The highest BCUT2D eigenvalue weighted by molar-refractivity contribution is 5.93. The fourth-order valence-electron chi connectivity index (χ4n) is 4.39. The van der Waals surface area contributed by atoms with Crippen LogP contribution in [0.3, 0.4) is 0 Å². The van der Waals surface area contributed by atoms with Crippen LogP contribution in [0.4, 0.5) is 0 Å². The highest BCUT2D eigenvalue weighted by Crippen LogP contribution is 2.22. The smallest absolute Gasteiger partial charge is 0.276 e. The SMILES string of the molecule is Cc1c(C(=O)N2CCN(Cc3ccccc3)CC2C)nnn1C1CCNCC1. The van der Waals surface area contributed by atoms with Gasteiger partial charge in [0.25, 0.3) is 5.91 Å². The van der Waals surface area contributed by atoms with Crippen LogP contribution in [0.25, 0.3) is 0 Å². The summed E-state index contributed by atoms with van der Waals surface area (Å²) >= 11 is 0. The molecular formula is C21H30N6O. The van der Waals surface area contributed by atoms with Crippen molar-refractivity contribution >= 4 is 5.91 Å². The van der Waals surface area contributed by atoms with Gasteiger partial charge in [0.2, 0.25) is 0 Å². The van der Waals surface area contributed by atoms with E-state index in [0.29, 0.717) is 11.7 Å². The lowest BCUT2D eigenvalue weighted by Gasteiger charge is -2.39. The van der Waals surface area contributed by atoms with E-state index in [1.807, 2.05) is 22.6 Å². The molecule has 7 nitrogen and oxygen atoms in total. The highest BCUT2D eigenvalue weighted by Gasteiger charge is 2.31. The molecule has 2 saturated heterocycles. The molecule has 0 spiro atoms. The summed E-state index contributed by atoms with van der Waals surface area (Å²) in [4.78, 5) is 17.6. The largest absolute Gasteiger partial charge is 0.332 e. The highest BCUT2D eigenvalue weighted by atomic mass is 16.2. The third kappa shape index (κ3) is 3.95. The van der Waals surface area contributed by atoms with Gasteiger partial charge in [0.05, 0.1) is 11.7 Å². The third-order valence-corrected chi connectivity index (χ3v) is 6.01. The van der Waals surface area contributed by atoms with Gasteiger partial charge in [-0.2, -0.15) is 0 Å². The van der Waals surface area contributed by atoms with E-state index in [9.17, 15) is 4.79 Å². The van der Waals surface area contributed by atoms with Gasteiger partial charge in [-0.15, -0.1) is 5.10 Å². The van der Waals surface area contributed by atoms with Crippen molar-refractivity contribution in [1.82, 2.24) is 30.1 Å². The summed E-state index contributed by atoms with van der Waals surface area (Å²) in [7, 11) is 0. The van der Waals surface area contributed by atoms with Crippen molar-refractivity contribution in [3.63, 3.8) is 0 Å². The Kier molecular flexibility index (Phi) is 5.73. The number of amides is 1. The minimum Gasteiger partial charge on any atom is -0.332 e. The third-order valence-electron chi connectivity index (χ3n) is 6.01. The molecule has 4 rings (SSSR count). The van der Waals surface area contributed by atoms with Gasteiger partial charge in [-0.3, -0.25) is 9.69 Å². The molecule has 1 unspecified atom stereocenters. The summed E-state index contributed by atoms with van der Waals surface area (Å²) in [5.41, 5.74) is 2.73. The molecule has 0 bridgehead atoms. The number of hydrogen-bond acceptors (Lipinski definition) is 5. The first kappa shape index (κ1) is 19.1. The molecule has 1 N–H and O–H groups in total. The Morgan fingerprint density at radius 2 is 1.93 bits per heavy atom. The predicted octanol–water partition coefficient (Wildman–Crippen LogP) is 1.86. The molecule has 3 heterocycles. The van der Waals surface area contributed by atoms with Gasteiger partial charge >= 0.3 is 0 Å². The van der Waals surface area contributed by atoms with Crippen molar-refractivity contribution in [1.29, 1.82) is 0 Å². The Hall–Kier alpha value is -2.25. The Morgan fingerprint density at radius 3 is 2.64 bits per heavy atom. The number of aromatic nitrogens is 3. The number of benzene rings is 1. The van der Waals surface area contributed by atoms with Crippen LogP contribution in [0.2, 0.25) is 0 Å². The van der Waals surface area contributed by atoms with Gasteiger partial charge in [-0.25, -0.2) is 4.68 Å². The summed E-state index contributed by atoms with van der Waals surface area (Å²) in [6.07, 6.45) is 2.07. The maximum Gasteiger partial charge on any atom is 0.276 e. The van der Waals surface area contributed by atoms with E-state index in [1.54, 1.807) is 0 Å². The number of carbonyl (C=O) groups excluding carboxylic acids is 1. The zero-order valence-corrected chi connectivity index (χ0v) is 16.8. The van der Waals surface area contributed by atoms with E-state index < -0.39 is 0 Å². The standard InChI is InChI=1S/C21H30N6O/c1-16-14-25(15-18-6-4-3-5-7-18)12-13-26(16)21(28)20-17(2)27(24-23-20)19-8-10-22-11-9-19/h3-7,16,19,22H,8-15H2,1-2H3. The van der Waals surface area contributed by atoms with Crippen molar-refractivity contribution in [3.8, 4) is 0 Å². The average Bonchev–Trinajstić information content (AvgIpc) is 3.10. The Balaban J connectivity index is 1.41. The Bertz CT molecular complexity index is 798. The molecule has 0 radical (unpaired) electrons. The lowest BCUT2D eigenvalue weighted by atomic mass is 10.1. The van der Waals surface area contributed by atoms with Crippen molar-refractivity contribution < 1.29 is 4.79 Å². The first-order chi connectivity index (χ1) is 13.6. The molecule has 1 atom stereocenters. The molecule has 1 amide bonds. The topological polar surface area (TPSA) is 66.3 Å². The van der Waals surface area contributed by atoms with Gasteiger partial charge in [0, 0.05) is 32.2 Å². The number of rotatable bonds is 4. The maximum absolute atomic E-state index is 13.2. The first-order valence-electron chi connectivity index (χ1n) is 10.3. The zero-order chi connectivity index (χ0) is 19.5. The summed E-state index contributed by atoms with van der Waals surface area (Å²) in [6, 6.07) is 11.0. The lowest BCUT2D eigenvalue weighted by Crippen LogP contribution is -2.53. The van der Waals surface area contributed by atoms with Crippen LogP contribution in [-0.4, -0.2) is 69.5 Å². The molecular weight excluding hydrogens is 352 g/mol. The first-order valence-corrected chi connectivity index (χ1v) is 10.3. The molecule has 0 saturated carbocycles. The van der Waals surface area contributed by atoms with E-state index in [2.05, 4.69) is 51.7 Å². The summed E-state index contributed by atoms with van der Waals surface area (Å²) in [5, 5.41) is 12.0. The molecule has 2 fully saturated rings. The van der Waals surface area contributed by atoms with Crippen LogP contribution in [-0.2, 0) is 6.54 Å². The van der Waals surface area contributed by atoms with Gasteiger partial charge in [-0.05, 0) is 45.3 Å². The number of hydrogen-bond donors (Lipinski definition) is 1. The van der Waals surface area contributed by atoms with E-state index in [-0.39, 0.29) is 11.9 Å². The summed E-state index contributed by atoms with van der Waals surface area (Å²) in [6.45, 7) is 9.51. The molecule has 28 heavy (non-hydrogen) atoms. The molecule has 0 aliphatic carbocycles. The van der Waals surface area contributed by atoms with Gasteiger partial charge in [0.1, 0.15) is 0 Å². The lowest BCUT2D eigenvalue weighted by molar-refractivity contribution is 0.0469. The predicted molar refractivity (Wildman–Crippen MR) is 108 cm³/mol. The quantitative estimate of drug-likeness (QED) is 0.874. The van der Waals surface area contributed by atoms with E-state index in [4.69, 9.17) is 0 Å². The Labute approximate surface area is 166 Å². The summed E-state index contributed by atoms with van der Waals surface area (Å²) < 4.78 is 1.96. The van der Waals surface area contributed by atoms with E-state index >= 15 is 0 Å². The zero-order valence-electron chi connectivity index (χ0n) is 16.8. The second kappa shape index (κ2) is 8.41. The fourth-order valence-corrected chi connectivity index (χ4v) is 4.39. The second-order valence-corrected chi connectivity index (χ2v) is 8.02. The minimum absolute atomic E-state index is 0.0181. The van der Waals surface area contributed by atoms with Crippen molar-refractivity contribution in [2.75, 3.05) is 32.7 Å². The normalized spacial score (nSPS) is 21.8. The fraction of sp³-hybridized carbons (Fsp3) is 0.571. The molecule has 1 aromatic carbocycles. The second-order valence-electron chi connectivity index (χ2n) is 8.02. The molecule has 2 aromatic rings. The number of nitrogens with one attached hydrogen (secondary N) is 1. The maximum atomic E-state index is 13.2. The molecule has 7 heteroatoms. The summed E-state index contributed by atoms with van der Waals surface area (Å²) in [5.74, 6) is 0.0181. The number of piperidine rings is 1. The number of carbonyl (C=O) groups is 1. The minimum atomic E-state index is 0.0181. The van der Waals surface area contributed by atoms with Gasteiger partial charge < -0.3 is 10.2 Å². The average molecular weight is 383 g/mol. The molecule has 2 aliphatic heterocycles. The van der Waals surface area contributed by atoms with Crippen LogP contribution >= 0.6 is 0 Å². The van der Waals surface area contributed by atoms with Crippen molar-refractivity contribution in [2.45, 2.75) is 45.3 Å². The van der Waals surface area contributed by atoms with E-state index in [0.717, 1.165) is 57.8 Å². The van der Waals surface area contributed by atoms with Crippen LogP contribution in [0.15, 0.2) is 30.3 Å². The van der Waals surface area contributed by atoms with Crippen LogP contribution in [0.1, 0.15) is 47.6 Å². The van der Waals surface area contributed by atoms with Crippen molar-refractivity contribution in [3.05, 3.63) is 47.3 Å². The number of nitrogens with zero attached hydrogens (tertiary/aromatic N) is 5. The van der Waals surface area contributed by atoms with E-state index in [1.165, 1.54) is 5.56 Å². The van der Waals surface area contributed by atoms with Crippen molar-refractivity contribution in [2.24, 2.45) is 0 Å². The Morgan fingerprint density at radius 1 is 1.18 bits per heavy atom. The van der Waals surface area contributed by atoms with Gasteiger partial charge in [0.15, 0.2) is 5.69 Å². The molecule has 1 aromatic heterocycles. The van der Waals surface area contributed by atoms with Crippen LogP contribution in [0, 0.1) is 6.92 Å².